The zero-order valence-corrected chi connectivity index (χ0v) is 20.1. The molecule has 2 aliphatic carbocycles. The van der Waals surface area contributed by atoms with E-state index >= 15 is 0 Å². The van der Waals surface area contributed by atoms with Crippen molar-refractivity contribution in [1.82, 2.24) is 0 Å². The van der Waals surface area contributed by atoms with Gasteiger partial charge in [0.25, 0.3) is 0 Å². The first kappa shape index (κ1) is 20.8. The standard InChI is InChI=1S/C32H29Cl/c1-21-9-3-6-12-27(21)32(28-13-7-8-14-30(28)33)20-19-22(2)31-26-16-15-23-10-4-5-11-24(23)25(26)17-18-29(31)32/h3-14,17-18,22H,15-16,19-20H2,1-2H3. The van der Waals surface area contributed by atoms with Gasteiger partial charge in [0.05, 0.1) is 0 Å². The Morgan fingerprint density at radius 3 is 2.27 bits per heavy atom. The zero-order chi connectivity index (χ0) is 22.6. The number of fused-ring (bicyclic) bond motifs is 5. The van der Waals surface area contributed by atoms with Crippen LogP contribution >= 0.6 is 11.6 Å². The maximum Gasteiger partial charge on any atom is 0.0471 e. The van der Waals surface area contributed by atoms with E-state index in [2.05, 4.69) is 92.7 Å². The molecule has 2 unspecified atom stereocenters. The Labute approximate surface area is 202 Å². The van der Waals surface area contributed by atoms with E-state index < -0.39 is 0 Å². The highest BCUT2D eigenvalue weighted by Crippen LogP contribution is 2.55. The third-order valence-corrected chi connectivity index (χ3v) is 8.48. The molecule has 0 spiro atoms. The van der Waals surface area contributed by atoms with Crippen LogP contribution < -0.4 is 0 Å². The second kappa shape index (κ2) is 7.89. The molecule has 1 heteroatoms. The first-order chi connectivity index (χ1) is 16.1. The van der Waals surface area contributed by atoms with E-state index in [0.717, 1.165) is 30.7 Å². The van der Waals surface area contributed by atoms with E-state index in [0.29, 0.717) is 5.92 Å². The molecule has 0 aliphatic heterocycles. The third-order valence-electron chi connectivity index (χ3n) is 8.15. The predicted octanol–water partition coefficient (Wildman–Crippen LogP) is 8.65. The molecule has 0 radical (unpaired) electrons. The van der Waals surface area contributed by atoms with Crippen LogP contribution in [-0.4, -0.2) is 0 Å². The van der Waals surface area contributed by atoms with Gasteiger partial charge in [-0.1, -0.05) is 97.4 Å². The van der Waals surface area contributed by atoms with Crippen molar-refractivity contribution in [3.05, 3.63) is 129 Å². The maximum absolute atomic E-state index is 6.96. The number of halogens is 1. The maximum atomic E-state index is 6.96. The van der Waals surface area contributed by atoms with Gasteiger partial charge in [0.15, 0.2) is 0 Å². The molecule has 2 atom stereocenters. The van der Waals surface area contributed by atoms with Crippen LogP contribution in [0.3, 0.4) is 0 Å². The Morgan fingerprint density at radius 1 is 0.727 bits per heavy atom. The molecule has 0 bridgehead atoms. The molecule has 0 heterocycles. The van der Waals surface area contributed by atoms with Gasteiger partial charge in [0.2, 0.25) is 0 Å². The summed E-state index contributed by atoms with van der Waals surface area (Å²) in [7, 11) is 0. The van der Waals surface area contributed by atoms with Crippen molar-refractivity contribution in [3.63, 3.8) is 0 Å². The van der Waals surface area contributed by atoms with Gasteiger partial charge in [-0.25, -0.2) is 0 Å². The van der Waals surface area contributed by atoms with Crippen LogP contribution in [0.1, 0.15) is 64.6 Å². The van der Waals surface area contributed by atoms with Crippen LogP contribution in [-0.2, 0) is 18.3 Å². The summed E-state index contributed by atoms with van der Waals surface area (Å²) in [6.07, 6.45) is 4.47. The zero-order valence-electron chi connectivity index (χ0n) is 19.4. The van der Waals surface area contributed by atoms with Gasteiger partial charge in [-0.15, -0.1) is 0 Å². The molecular formula is C32H29Cl. The molecule has 0 amide bonds. The van der Waals surface area contributed by atoms with Crippen molar-refractivity contribution >= 4 is 11.6 Å². The average Bonchev–Trinajstić information content (AvgIpc) is 2.85. The molecule has 6 rings (SSSR count). The molecule has 0 fully saturated rings. The lowest BCUT2D eigenvalue weighted by molar-refractivity contribution is 0.453. The quantitative estimate of drug-likeness (QED) is 0.288. The third kappa shape index (κ3) is 3.04. The summed E-state index contributed by atoms with van der Waals surface area (Å²) in [6.45, 7) is 4.67. The first-order valence-electron chi connectivity index (χ1n) is 12.2. The summed E-state index contributed by atoms with van der Waals surface area (Å²) in [5.74, 6) is 0.542. The van der Waals surface area contributed by atoms with Crippen LogP contribution in [0.15, 0.2) is 84.9 Å². The molecule has 164 valence electrons. The van der Waals surface area contributed by atoms with Crippen molar-refractivity contribution in [2.75, 3.05) is 0 Å². The Balaban J connectivity index is 1.70. The minimum Gasteiger partial charge on any atom is -0.0840 e. The van der Waals surface area contributed by atoms with Gasteiger partial charge in [0.1, 0.15) is 0 Å². The number of rotatable bonds is 2. The lowest BCUT2D eigenvalue weighted by Gasteiger charge is -2.45. The van der Waals surface area contributed by atoms with Crippen molar-refractivity contribution < 1.29 is 0 Å². The largest absolute Gasteiger partial charge is 0.0840 e. The smallest absolute Gasteiger partial charge is 0.0471 e. The molecule has 2 aliphatic rings. The van der Waals surface area contributed by atoms with E-state index in [4.69, 9.17) is 11.6 Å². The molecule has 4 aromatic rings. The van der Waals surface area contributed by atoms with Crippen LogP contribution in [0, 0.1) is 6.92 Å². The van der Waals surface area contributed by atoms with Gasteiger partial charge in [-0.2, -0.15) is 0 Å². The van der Waals surface area contributed by atoms with Crippen LogP contribution in [0.4, 0.5) is 0 Å². The fraction of sp³-hybridized carbons (Fsp3) is 0.250. The van der Waals surface area contributed by atoms with Crippen LogP contribution in [0.5, 0.6) is 0 Å². The molecular weight excluding hydrogens is 420 g/mol. The van der Waals surface area contributed by atoms with Crippen molar-refractivity contribution in [1.29, 1.82) is 0 Å². The van der Waals surface area contributed by atoms with Crippen LogP contribution in [0.25, 0.3) is 11.1 Å². The Bertz CT molecular complexity index is 1320. The van der Waals surface area contributed by atoms with Crippen molar-refractivity contribution in [2.45, 2.75) is 50.9 Å². The summed E-state index contributed by atoms with van der Waals surface area (Å²) in [4.78, 5) is 0. The highest BCUT2D eigenvalue weighted by atomic mass is 35.5. The number of aryl methyl sites for hydroxylation is 2. The summed E-state index contributed by atoms with van der Waals surface area (Å²) in [5, 5.41) is 0.865. The first-order valence-corrected chi connectivity index (χ1v) is 12.5. The summed E-state index contributed by atoms with van der Waals surface area (Å²) < 4.78 is 0. The minimum absolute atomic E-state index is 0.225. The molecule has 33 heavy (non-hydrogen) atoms. The highest BCUT2D eigenvalue weighted by molar-refractivity contribution is 6.31. The SMILES string of the molecule is Cc1ccccc1C1(c2ccccc2Cl)CCC(C)c2c1ccc1c2CCc2ccccc2-1. The average molecular weight is 449 g/mol. The van der Waals surface area contributed by atoms with Gasteiger partial charge in [-0.3, -0.25) is 0 Å². The summed E-state index contributed by atoms with van der Waals surface area (Å²) >= 11 is 6.96. The topological polar surface area (TPSA) is 0 Å². The van der Waals surface area contributed by atoms with E-state index in [9.17, 15) is 0 Å². The number of hydrogen-bond donors (Lipinski definition) is 0. The summed E-state index contributed by atoms with van der Waals surface area (Å²) in [6, 6.07) is 31.2. The van der Waals surface area contributed by atoms with E-state index in [-0.39, 0.29) is 5.41 Å². The molecule has 4 aromatic carbocycles. The van der Waals surface area contributed by atoms with Crippen molar-refractivity contribution in [3.8, 4) is 11.1 Å². The van der Waals surface area contributed by atoms with E-state index in [1.165, 1.54) is 38.9 Å². The Kier molecular flexibility index (Phi) is 4.96. The Hall–Kier alpha value is -2.83. The van der Waals surface area contributed by atoms with Crippen molar-refractivity contribution in [2.24, 2.45) is 0 Å². The highest BCUT2D eigenvalue weighted by Gasteiger charge is 2.44. The van der Waals surface area contributed by atoms with Crippen LogP contribution in [0.2, 0.25) is 5.02 Å². The van der Waals surface area contributed by atoms with Gasteiger partial charge in [-0.05, 0) is 94.7 Å². The van der Waals surface area contributed by atoms with E-state index in [1.807, 2.05) is 6.07 Å². The minimum atomic E-state index is -0.225. The fourth-order valence-electron chi connectivity index (χ4n) is 6.66. The van der Waals surface area contributed by atoms with E-state index in [1.54, 1.807) is 11.1 Å². The normalized spacial score (nSPS) is 21.1. The second-order valence-corrected chi connectivity index (χ2v) is 10.3. The summed E-state index contributed by atoms with van der Waals surface area (Å²) in [5.41, 5.74) is 12.7. The number of benzene rings is 4. The monoisotopic (exact) mass is 448 g/mol. The van der Waals surface area contributed by atoms with Gasteiger partial charge in [0, 0.05) is 10.4 Å². The van der Waals surface area contributed by atoms with Gasteiger partial charge < -0.3 is 0 Å². The fourth-order valence-corrected chi connectivity index (χ4v) is 6.95. The molecule has 0 nitrogen and oxygen atoms in total. The van der Waals surface area contributed by atoms with Gasteiger partial charge >= 0.3 is 0 Å². The lowest BCUT2D eigenvalue weighted by Crippen LogP contribution is -2.36. The Morgan fingerprint density at radius 2 is 1.45 bits per heavy atom. The lowest BCUT2D eigenvalue weighted by atomic mass is 9.58. The molecule has 0 aromatic heterocycles. The molecule has 0 saturated heterocycles. The molecule has 0 saturated carbocycles. The number of hydrogen-bond acceptors (Lipinski definition) is 0. The predicted molar refractivity (Wildman–Crippen MR) is 139 cm³/mol. The molecule has 0 N–H and O–H groups in total. The second-order valence-electron chi connectivity index (χ2n) is 9.85.